The maximum Gasteiger partial charge on any atom is 0.251 e. The molecular weight excluding hydrogens is 338 g/mol. The molecule has 0 aliphatic carbocycles. The smallest absolute Gasteiger partial charge is 0.251 e. The monoisotopic (exact) mass is 353 g/mol. The van der Waals surface area contributed by atoms with Gasteiger partial charge in [0.1, 0.15) is 28.0 Å². The molecule has 4 aromatic rings. The number of nitrogens with zero attached hydrogens (tertiary/aromatic N) is 2. The number of hydrogen-bond acceptors (Lipinski definition) is 6. The Morgan fingerprint density at radius 3 is 2.84 bits per heavy atom. The van der Waals surface area contributed by atoms with Gasteiger partial charge in [-0.3, -0.25) is 4.79 Å². The van der Waals surface area contributed by atoms with Crippen molar-refractivity contribution in [2.75, 3.05) is 6.54 Å². The summed E-state index contributed by atoms with van der Waals surface area (Å²) < 4.78 is 13.9. The SMILES string of the molecule is CC(O)(CNC(=O)c1ccc2nsnc2c1)c1cc2ccccc2o1. The molecule has 7 heteroatoms. The maximum absolute atomic E-state index is 12.4. The molecular formula is C18H15N3O3S. The first-order valence-corrected chi connectivity index (χ1v) is 8.48. The van der Waals surface area contributed by atoms with Crippen LogP contribution in [0.1, 0.15) is 23.0 Å². The van der Waals surface area contributed by atoms with Gasteiger partial charge in [0.2, 0.25) is 0 Å². The highest BCUT2D eigenvalue weighted by Gasteiger charge is 2.28. The van der Waals surface area contributed by atoms with Gasteiger partial charge < -0.3 is 14.8 Å². The van der Waals surface area contributed by atoms with E-state index in [1.807, 2.05) is 24.3 Å². The van der Waals surface area contributed by atoms with Crippen molar-refractivity contribution in [1.29, 1.82) is 0 Å². The van der Waals surface area contributed by atoms with E-state index >= 15 is 0 Å². The van der Waals surface area contributed by atoms with E-state index in [0.29, 0.717) is 22.4 Å². The number of carbonyl (C=O) groups excluding carboxylic acids is 1. The Morgan fingerprint density at radius 2 is 2.00 bits per heavy atom. The first-order chi connectivity index (χ1) is 12.0. The number of fused-ring (bicyclic) bond motifs is 2. The molecule has 126 valence electrons. The van der Waals surface area contributed by atoms with E-state index in [2.05, 4.69) is 14.1 Å². The van der Waals surface area contributed by atoms with E-state index in [4.69, 9.17) is 4.42 Å². The lowest BCUT2D eigenvalue weighted by Crippen LogP contribution is -2.38. The second kappa shape index (κ2) is 5.94. The molecule has 0 bridgehead atoms. The molecule has 0 fully saturated rings. The predicted molar refractivity (Wildman–Crippen MR) is 95.5 cm³/mol. The number of rotatable bonds is 4. The number of aliphatic hydroxyl groups is 1. The van der Waals surface area contributed by atoms with Crippen molar-refractivity contribution >= 4 is 39.6 Å². The molecule has 1 atom stereocenters. The Bertz CT molecular complexity index is 1030. The van der Waals surface area contributed by atoms with Crippen LogP contribution >= 0.6 is 11.7 Å². The lowest BCUT2D eigenvalue weighted by atomic mass is 10.0. The van der Waals surface area contributed by atoms with Crippen molar-refractivity contribution in [2.45, 2.75) is 12.5 Å². The minimum atomic E-state index is -1.32. The molecule has 2 aromatic heterocycles. The van der Waals surface area contributed by atoms with E-state index in [0.717, 1.165) is 22.6 Å². The van der Waals surface area contributed by atoms with Crippen LogP contribution in [0.5, 0.6) is 0 Å². The van der Waals surface area contributed by atoms with Gasteiger partial charge in [-0.05, 0) is 37.3 Å². The Morgan fingerprint density at radius 1 is 1.20 bits per heavy atom. The van der Waals surface area contributed by atoms with E-state index in [1.54, 1.807) is 31.2 Å². The molecule has 2 N–H and O–H groups in total. The number of aromatic nitrogens is 2. The molecule has 25 heavy (non-hydrogen) atoms. The predicted octanol–water partition coefficient (Wildman–Crippen LogP) is 3.08. The Hall–Kier alpha value is -2.77. The average Bonchev–Trinajstić information content (AvgIpc) is 3.25. The van der Waals surface area contributed by atoms with Gasteiger partial charge in [-0.2, -0.15) is 8.75 Å². The molecule has 4 rings (SSSR count). The molecule has 0 aliphatic rings. The fourth-order valence-electron chi connectivity index (χ4n) is 2.61. The van der Waals surface area contributed by atoms with Crippen molar-refractivity contribution < 1.29 is 14.3 Å². The summed E-state index contributed by atoms with van der Waals surface area (Å²) in [6.45, 7) is 1.64. The third-order valence-electron chi connectivity index (χ3n) is 4.07. The largest absolute Gasteiger partial charge is 0.458 e. The minimum Gasteiger partial charge on any atom is -0.458 e. The van der Waals surface area contributed by atoms with Crippen molar-refractivity contribution in [1.82, 2.24) is 14.1 Å². The highest BCUT2D eigenvalue weighted by Crippen LogP contribution is 2.27. The lowest BCUT2D eigenvalue weighted by molar-refractivity contribution is 0.0344. The van der Waals surface area contributed by atoms with Gasteiger partial charge in [-0.1, -0.05) is 18.2 Å². The topological polar surface area (TPSA) is 88.2 Å². The zero-order chi connectivity index (χ0) is 17.4. The summed E-state index contributed by atoms with van der Waals surface area (Å²) in [7, 11) is 0. The second-order valence-electron chi connectivity index (χ2n) is 6.07. The summed E-state index contributed by atoms with van der Waals surface area (Å²) in [4.78, 5) is 12.4. The quantitative estimate of drug-likeness (QED) is 0.589. The van der Waals surface area contributed by atoms with Gasteiger partial charge in [-0.15, -0.1) is 0 Å². The molecule has 0 saturated carbocycles. The van der Waals surface area contributed by atoms with Crippen LogP contribution in [0, 0.1) is 0 Å². The third-order valence-corrected chi connectivity index (χ3v) is 4.62. The van der Waals surface area contributed by atoms with E-state index in [1.165, 1.54) is 0 Å². The van der Waals surface area contributed by atoms with Crippen molar-refractivity contribution in [3.05, 3.63) is 59.9 Å². The zero-order valence-corrected chi connectivity index (χ0v) is 14.2. The second-order valence-corrected chi connectivity index (χ2v) is 6.60. The number of nitrogens with one attached hydrogen (secondary N) is 1. The van der Waals surface area contributed by atoms with Crippen LogP contribution in [0.4, 0.5) is 0 Å². The van der Waals surface area contributed by atoms with Crippen LogP contribution in [0.2, 0.25) is 0 Å². The van der Waals surface area contributed by atoms with Gasteiger partial charge in [0, 0.05) is 10.9 Å². The van der Waals surface area contributed by atoms with Crippen LogP contribution in [-0.2, 0) is 5.60 Å². The van der Waals surface area contributed by atoms with E-state index < -0.39 is 5.60 Å². The van der Waals surface area contributed by atoms with Crippen LogP contribution in [-0.4, -0.2) is 26.3 Å². The Balaban J connectivity index is 1.51. The normalized spacial score (nSPS) is 13.8. The van der Waals surface area contributed by atoms with E-state index in [9.17, 15) is 9.90 Å². The average molecular weight is 353 g/mol. The molecule has 1 unspecified atom stereocenters. The molecule has 0 saturated heterocycles. The number of para-hydroxylation sites is 1. The molecule has 0 aliphatic heterocycles. The van der Waals surface area contributed by atoms with Gasteiger partial charge >= 0.3 is 0 Å². The van der Waals surface area contributed by atoms with Crippen LogP contribution in [0.3, 0.4) is 0 Å². The number of carbonyl (C=O) groups is 1. The number of benzene rings is 2. The summed E-state index contributed by atoms with van der Waals surface area (Å²) in [6.07, 6.45) is 0. The van der Waals surface area contributed by atoms with Crippen LogP contribution in [0.15, 0.2) is 52.9 Å². The van der Waals surface area contributed by atoms with Gasteiger partial charge in [0.05, 0.1) is 18.3 Å². The molecule has 6 nitrogen and oxygen atoms in total. The Labute approximate surface area is 147 Å². The Kier molecular flexibility index (Phi) is 3.74. The third kappa shape index (κ3) is 2.99. The highest BCUT2D eigenvalue weighted by atomic mass is 32.1. The van der Waals surface area contributed by atoms with Crippen LogP contribution < -0.4 is 5.32 Å². The zero-order valence-electron chi connectivity index (χ0n) is 13.4. The standard InChI is InChI=1S/C18H15N3O3S/c1-18(23,16-9-11-4-2-3-5-15(11)24-16)10-19-17(22)12-6-7-13-14(8-12)21-25-20-13/h2-9,23H,10H2,1H3,(H,19,22). The number of amides is 1. The van der Waals surface area contributed by atoms with Crippen LogP contribution in [0.25, 0.3) is 22.0 Å². The fourth-order valence-corrected chi connectivity index (χ4v) is 3.13. The summed E-state index contributed by atoms with van der Waals surface area (Å²) in [5, 5.41) is 14.3. The first kappa shape index (κ1) is 15.7. The van der Waals surface area contributed by atoms with Gasteiger partial charge in [0.25, 0.3) is 5.91 Å². The minimum absolute atomic E-state index is 0.0268. The molecule has 1 amide bonds. The maximum atomic E-state index is 12.4. The molecule has 2 aromatic carbocycles. The van der Waals surface area contributed by atoms with Crippen molar-refractivity contribution in [3.8, 4) is 0 Å². The first-order valence-electron chi connectivity index (χ1n) is 7.75. The summed E-state index contributed by atoms with van der Waals surface area (Å²) in [5.74, 6) is 0.124. The molecule has 0 spiro atoms. The summed E-state index contributed by atoms with van der Waals surface area (Å²) in [6, 6.07) is 14.4. The number of furan rings is 1. The number of hydrogen-bond donors (Lipinski definition) is 2. The highest BCUT2D eigenvalue weighted by molar-refractivity contribution is 7.00. The van der Waals surface area contributed by atoms with Crippen molar-refractivity contribution in [3.63, 3.8) is 0 Å². The van der Waals surface area contributed by atoms with E-state index in [-0.39, 0.29) is 12.5 Å². The van der Waals surface area contributed by atoms with Gasteiger partial charge in [-0.25, -0.2) is 0 Å². The molecule has 0 radical (unpaired) electrons. The lowest BCUT2D eigenvalue weighted by Gasteiger charge is -2.21. The fraction of sp³-hybridized carbons (Fsp3) is 0.167. The summed E-state index contributed by atoms with van der Waals surface area (Å²) >= 11 is 1.11. The van der Waals surface area contributed by atoms with Crippen molar-refractivity contribution in [2.24, 2.45) is 0 Å². The molecule has 2 heterocycles. The summed E-state index contributed by atoms with van der Waals surface area (Å²) in [5.41, 5.74) is 1.30. The van der Waals surface area contributed by atoms with Gasteiger partial charge in [0.15, 0.2) is 0 Å².